The minimum Gasteiger partial charge on any atom is -0.486 e. The van der Waals surface area contributed by atoms with Gasteiger partial charge in [-0.15, -0.1) is 11.3 Å². The fourth-order valence-corrected chi connectivity index (χ4v) is 2.72. The van der Waals surface area contributed by atoms with E-state index in [9.17, 15) is 4.79 Å². The summed E-state index contributed by atoms with van der Waals surface area (Å²) in [6.07, 6.45) is 0.478. The van der Waals surface area contributed by atoms with Crippen LogP contribution in [0.1, 0.15) is 50.7 Å². The maximum Gasteiger partial charge on any atom is 0.177 e. The van der Waals surface area contributed by atoms with Crippen molar-refractivity contribution in [2.45, 2.75) is 53.2 Å². The Hall–Kier alpha value is -1.23. The second-order valence-electron chi connectivity index (χ2n) is 4.75. The van der Waals surface area contributed by atoms with Crippen LogP contribution in [0.15, 0.2) is 0 Å². The number of carbonyl (C=O) groups excluding carboxylic acids is 1. The molecular weight excluding hydrogens is 248 g/mol. The summed E-state index contributed by atoms with van der Waals surface area (Å²) in [5.41, 5.74) is 6.49. The largest absolute Gasteiger partial charge is 0.486 e. The Morgan fingerprint density at radius 2 is 2.00 bits per heavy atom. The molecule has 0 amide bonds. The Balaban J connectivity index is 3.17. The Labute approximate surface area is 113 Å². The van der Waals surface area contributed by atoms with Gasteiger partial charge in [0.25, 0.3) is 0 Å². The van der Waals surface area contributed by atoms with Gasteiger partial charge in [-0.2, -0.15) is 0 Å². The Kier molecular flexibility index (Phi) is 5.02. The molecule has 0 aliphatic heterocycles. The van der Waals surface area contributed by atoms with Crippen molar-refractivity contribution in [3.05, 3.63) is 4.88 Å². The van der Waals surface area contributed by atoms with E-state index < -0.39 is 0 Å². The monoisotopic (exact) mass is 270 g/mol. The molecule has 0 radical (unpaired) electrons. The lowest BCUT2D eigenvalue weighted by Gasteiger charge is -2.14. The van der Waals surface area contributed by atoms with E-state index in [1.165, 1.54) is 11.3 Å². The fourth-order valence-electron chi connectivity index (χ4n) is 1.51. The highest BCUT2D eigenvalue weighted by Crippen LogP contribution is 2.43. The maximum atomic E-state index is 11.8. The molecule has 0 saturated carbocycles. The third kappa shape index (κ3) is 3.38. The molecule has 0 aliphatic carbocycles. The van der Waals surface area contributed by atoms with Crippen molar-refractivity contribution < 1.29 is 9.53 Å². The van der Waals surface area contributed by atoms with Gasteiger partial charge in [0.05, 0.1) is 16.7 Å². The third-order valence-corrected chi connectivity index (χ3v) is 3.41. The zero-order chi connectivity index (χ0) is 13.9. The number of nitrogens with one attached hydrogen (secondary N) is 1. The average molecular weight is 270 g/mol. The molecular formula is C13H22N2O2S. The summed E-state index contributed by atoms with van der Waals surface area (Å²) >= 11 is 1.38. The van der Waals surface area contributed by atoms with Gasteiger partial charge < -0.3 is 15.8 Å². The van der Waals surface area contributed by atoms with Crippen LogP contribution in [0, 0.1) is 0 Å². The molecule has 0 saturated heterocycles. The molecule has 1 aromatic heterocycles. The first-order valence-corrected chi connectivity index (χ1v) is 7.07. The van der Waals surface area contributed by atoms with Gasteiger partial charge in [0.15, 0.2) is 11.5 Å². The molecule has 1 aromatic rings. The number of carbonyl (C=O) groups is 1. The Morgan fingerprint density at radius 1 is 1.39 bits per heavy atom. The Bertz CT molecular complexity index is 425. The van der Waals surface area contributed by atoms with Gasteiger partial charge in [-0.05, 0) is 27.7 Å². The lowest BCUT2D eigenvalue weighted by atomic mass is 10.2. The SMILES string of the molecule is CCC(=O)c1sc(NC(C)C)c(OC(C)C)c1N. The lowest BCUT2D eigenvalue weighted by molar-refractivity contribution is 0.0992. The molecule has 0 atom stereocenters. The summed E-state index contributed by atoms with van der Waals surface area (Å²) in [5, 5.41) is 4.12. The smallest absolute Gasteiger partial charge is 0.177 e. The average Bonchev–Trinajstić information content (AvgIpc) is 2.55. The van der Waals surface area contributed by atoms with E-state index in [1.807, 2.05) is 34.6 Å². The van der Waals surface area contributed by atoms with Crippen LogP contribution in [0.3, 0.4) is 0 Å². The number of hydrogen-bond acceptors (Lipinski definition) is 5. The first kappa shape index (κ1) is 14.8. The molecule has 5 heteroatoms. The standard InChI is InChI=1S/C13H22N2O2S/c1-6-9(16)12-10(14)11(17-8(4)5)13(18-12)15-7(2)3/h7-8,15H,6,14H2,1-5H3. The number of anilines is 2. The minimum absolute atomic E-state index is 0.0270. The van der Waals surface area contributed by atoms with Crippen molar-refractivity contribution in [3.63, 3.8) is 0 Å². The number of ketones is 1. The van der Waals surface area contributed by atoms with Gasteiger partial charge in [0, 0.05) is 12.5 Å². The van der Waals surface area contributed by atoms with Crippen LogP contribution in [-0.4, -0.2) is 17.9 Å². The van der Waals surface area contributed by atoms with E-state index in [0.29, 0.717) is 22.7 Å². The van der Waals surface area contributed by atoms with E-state index in [4.69, 9.17) is 10.5 Å². The highest BCUT2D eigenvalue weighted by Gasteiger charge is 2.22. The summed E-state index contributed by atoms with van der Waals surface area (Å²) in [6.45, 7) is 9.79. The summed E-state index contributed by atoms with van der Waals surface area (Å²) in [5.74, 6) is 0.670. The van der Waals surface area contributed by atoms with E-state index in [0.717, 1.165) is 5.00 Å². The van der Waals surface area contributed by atoms with Gasteiger partial charge in [0.1, 0.15) is 5.00 Å². The van der Waals surface area contributed by atoms with Gasteiger partial charge in [-0.25, -0.2) is 0 Å². The van der Waals surface area contributed by atoms with Crippen molar-refractivity contribution in [1.82, 2.24) is 0 Å². The number of ether oxygens (including phenoxy) is 1. The summed E-state index contributed by atoms with van der Waals surface area (Å²) in [7, 11) is 0. The molecule has 0 unspecified atom stereocenters. The van der Waals surface area contributed by atoms with Gasteiger partial charge in [0.2, 0.25) is 0 Å². The van der Waals surface area contributed by atoms with Crippen LogP contribution in [0.5, 0.6) is 5.75 Å². The zero-order valence-electron chi connectivity index (χ0n) is 11.7. The van der Waals surface area contributed by atoms with Crippen LogP contribution in [0.2, 0.25) is 0 Å². The first-order chi connectivity index (χ1) is 8.36. The maximum absolute atomic E-state index is 11.8. The van der Waals surface area contributed by atoms with E-state index in [-0.39, 0.29) is 17.9 Å². The summed E-state index contributed by atoms with van der Waals surface area (Å²) in [4.78, 5) is 12.4. The number of nitrogens with two attached hydrogens (primary N) is 1. The van der Waals surface area contributed by atoms with Crippen molar-refractivity contribution in [2.75, 3.05) is 11.1 Å². The number of thiophene rings is 1. The normalized spacial score (nSPS) is 11.1. The Morgan fingerprint density at radius 3 is 2.44 bits per heavy atom. The molecule has 3 N–H and O–H groups in total. The quantitative estimate of drug-likeness (QED) is 0.776. The van der Waals surface area contributed by atoms with Crippen molar-refractivity contribution >= 4 is 27.8 Å². The van der Waals surface area contributed by atoms with E-state index in [2.05, 4.69) is 5.32 Å². The van der Waals surface area contributed by atoms with Crippen molar-refractivity contribution in [2.24, 2.45) is 0 Å². The first-order valence-electron chi connectivity index (χ1n) is 6.25. The van der Waals surface area contributed by atoms with Crippen LogP contribution in [-0.2, 0) is 0 Å². The molecule has 1 rings (SSSR count). The molecule has 18 heavy (non-hydrogen) atoms. The van der Waals surface area contributed by atoms with Gasteiger partial charge >= 0.3 is 0 Å². The predicted molar refractivity (Wildman–Crippen MR) is 77.9 cm³/mol. The van der Waals surface area contributed by atoms with Gasteiger partial charge in [-0.1, -0.05) is 6.92 Å². The second kappa shape index (κ2) is 6.09. The summed E-state index contributed by atoms with van der Waals surface area (Å²) in [6, 6.07) is 0.266. The second-order valence-corrected chi connectivity index (χ2v) is 5.77. The third-order valence-electron chi connectivity index (χ3n) is 2.25. The highest BCUT2D eigenvalue weighted by molar-refractivity contribution is 7.19. The number of hydrogen-bond donors (Lipinski definition) is 2. The molecule has 102 valence electrons. The molecule has 4 nitrogen and oxygen atoms in total. The molecule has 1 heterocycles. The number of Topliss-reactive ketones (excluding diaryl/α,β-unsaturated/α-hetero) is 1. The summed E-state index contributed by atoms with van der Waals surface area (Å²) < 4.78 is 5.72. The van der Waals surface area contributed by atoms with Crippen molar-refractivity contribution in [1.29, 1.82) is 0 Å². The number of nitrogen functional groups attached to an aromatic ring is 1. The van der Waals surface area contributed by atoms with Crippen LogP contribution in [0.25, 0.3) is 0 Å². The van der Waals surface area contributed by atoms with Gasteiger partial charge in [-0.3, -0.25) is 4.79 Å². The molecule has 0 fully saturated rings. The van der Waals surface area contributed by atoms with Crippen LogP contribution < -0.4 is 15.8 Å². The highest BCUT2D eigenvalue weighted by atomic mass is 32.1. The predicted octanol–water partition coefficient (Wildman–Crippen LogP) is 3.53. The molecule has 0 aromatic carbocycles. The topological polar surface area (TPSA) is 64.3 Å². The molecule has 0 aliphatic rings. The molecule has 0 spiro atoms. The molecule has 0 bridgehead atoms. The number of rotatable bonds is 6. The zero-order valence-corrected chi connectivity index (χ0v) is 12.5. The van der Waals surface area contributed by atoms with E-state index in [1.54, 1.807) is 0 Å². The van der Waals surface area contributed by atoms with Crippen molar-refractivity contribution in [3.8, 4) is 5.75 Å². The lowest BCUT2D eigenvalue weighted by Crippen LogP contribution is -2.12. The van der Waals surface area contributed by atoms with E-state index >= 15 is 0 Å². The minimum atomic E-state index is 0.0270. The van der Waals surface area contributed by atoms with Crippen LogP contribution in [0.4, 0.5) is 10.7 Å². The van der Waals surface area contributed by atoms with Crippen LogP contribution >= 0.6 is 11.3 Å². The fraction of sp³-hybridized carbons (Fsp3) is 0.615.